The Kier molecular flexibility index (Phi) is 3.86. The van der Waals surface area contributed by atoms with Gasteiger partial charge in [-0.15, -0.1) is 0 Å². The van der Waals surface area contributed by atoms with Crippen molar-refractivity contribution in [1.82, 2.24) is 5.32 Å². The highest BCUT2D eigenvalue weighted by molar-refractivity contribution is 5.33. The Labute approximate surface area is 120 Å². The fourth-order valence-electron chi connectivity index (χ4n) is 3.07. The summed E-state index contributed by atoms with van der Waals surface area (Å²) in [6.45, 7) is 2.16. The van der Waals surface area contributed by atoms with Gasteiger partial charge in [0.25, 0.3) is 0 Å². The van der Waals surface area contributed by atoms with Gasteiger partial charge < -0.3 is 10.4 Å². The summed E-state index contributed by atoms with van der Waals surface area (Å²) in [6.07, 6.45) is 1.60. The molecule has 0 saturated heterocycles. The first-order valence-electron chi connectivity index (χ1n) is 7.32. The zero-order chi connectivity index (χ0) is 13.9. The molecule has 0 radical (unpaired) electrons. The van der Waals surface area contributed by atoms with Crippen molar-refractivity contribution < 1.29 is 5.11 Å². The van der Waals surface area contributed by atoms with Crippen LogP contribution in [0.2, 0.25) is 0 Å². The van der Waals surface area contributed by atoms with E-state index >= 15 is 0 Å². The Morgan fingerprint density at radius 2 is 1.75 bits per heavy atom. The summed E-state index contributed by atoms with van der Waals surface area (Å²) in [4.78, 5) is 0. The van der Waals surface area contributed by atoms with E-state index in [1.165, 1.54) is 11.1 Å². The van der Waals surface area contributed by atoms with E-state index in [0.717, 1.165) is 18.4 Å². The molecule has 0 aliphatic heterocycles. The van der Waals surface area contributed by atoms with Crippen molar-refractivity contribution in [3.8, 4) is 0 Å². The van der Waals surface area contributed by atoms with Crippen LogP contribution in [0.3, 0.4) is 0 Å². The molecule has 0 fully saturated rings. The second-order valence-corrected chi connectivity index (χ2v) is 5.59. The molecule has 1 aliphatic carbocycles. The van der Waals surface area contributed by atoms with Gasteiger partial charge in [0.15, 0.2) is 0 Å². The van der Waals surface area contributed by atoms with Gasteiger partial charge in [-0.2, -0.15) is 0 Å². The van der Waals surface area contributed by atoms with Crippen molar-refractivity contribution in [3.63, 3.8) is 0 Å². The average Bonchev–Trinajstić information content (AvgIpc) is 2.51. The number of fused-ring (bicyclic) bond motifs is 1. The Morgan fingerprint density at radius 1 is 1.05 bits per heavy atom. The SMILES string of the molecule is C[C@@H](N[C@H]1CCc2ccccc2[C@@H]1O)c1ccccc1. The highest BCUT2D eigenvalue weighted by Gasteiger charge is 2.28. The van der Waals surface area contributed by atoms with Crippen LogP contribution in [0.5, 0.6) is 0 Å². The fourth-order valence-corrected chi connectivity index (χ4v) is 3.07. The van der Waals surface area contributed by atoms with Crippen LogP contribution >= 0.6 is 0 Å². The van der Waals surface area contributed by atoms with Crippen LogP contribution in [0.1, 0.15) is 42.2 Å². The van der Waals surface area contributed by atoms with Gasteiger partial charge in [-0.25, -0.2) is 0 Å². The van der Waals surface area contributed by atoms with Crippen LogP contribution in [-0.2, 0) is 6.42 Å². The van der Waals surface area contributed by atoms with Gasteiger partial charge in [0.1, 0.15) is 0 Å². The van der Waals surface area contributed by atoms with E-state index in [1.54, 1.807) is 0 Å². The van der Waals surface area contributed by atoms with Crippen molar-refractivity contribution >= 4 is 0 Å². The van der Waals surface area contributed by atoms with E-state index in [-0.39, 0.29) is 12.1 Å². The second kappa shape index (κ2) is 5.78. The fraction of sp³-hybridized carbons (Fsp3) is 0.333. The third kappa shape index (κ3) is 2.62. The third-order valence-corrected chi connectivity index (χ3v) is 4.24. The van der Waals surface area contributed by atoms with E-state index in [4.69, 9.17) is 0 Å². The van der Waals surface area contributed by atoms with Gasteiger partial charge in [-0.05, 0) is 36.5 Å². The predicted molar refractivity (Wildman–Crippen MR) is 81.5 cm³/mol. The van der Waals surface area contributed by atoms with E-state index < -0.39 is 6.10 Å². The Morgan fingerprint density at radius 3 is 2.55 bits per heavy atom. The molecule has 1 aliphatic rings. The van der Waals surface area contributed by atoms with Gasteiger partial charge in [-0.1, -0.05) is 54.6 Å². The molecule has 0 amide bonds. The van der Waals surface area contributed by atoms with Crippen molar-refractivity contribution in [2.75, 3.05) is 0 Å². The van der Waals surface area contributed by atoms with Gasteiger partial charge in [0.2, 0.25) is 0 Å². The number of rotatable bonds is 3. The molecule has 0 spiro atoms. The lowest BCUT2D eigenvalue weighted by Crippen LogP contribution is -2.39. The molecule has 0 bridgehead atoms. The van der Waals surface area contributed by atoms with Crippen LogP contribution in [0.25, 0.3) is 0 Å². The third-order valence-electron chi connectivity index (χ3n) is 4.24. The van der Waals surface area contributed by atoms with E-state index in [0.29, 0.717) is 0 Å². The maximum atomic E-state index is 10.6. The average molecular weight is 267 g/mol. The monoisotopic (exact) mass is 267 g/mol. The van der Waals surface area contributed by atoms with Crippen LogP contribution in [-0.4, -0.2) is 11.1 Å². The van der Waals surface area contributed by atoms with E-state index in [9.17, 15) is 5.11 Å². The Balaban J connectivity index is 1.73. The van der Waals surface area contributed by atoms with Crippen molar-refractivity contribution in [1.29, 1.82) is 0 Å². The summed E-state index contributed by atoms with van der Waals surface area (Å²) in [6, 6.07) is 19.0. The second-order valence-electron chi connectivity index (χ2n) is 5.59. The molecular formula is C18H21NO. The normalized spacial score (nSPS) is 23.1. The quantitative estimate of drug-likeness (QED) is 0.893. The van der Waals surface area contributed by atoms with Crippen LogP contribution in [0, 0.1) is 0 Å². The number of aliphatic hydroxyl groups is 1. The zero-order valence-electron chi connectivity index (χ0n) is 11.8. The first-order chi connectivity index (χ1) is 9.75. The molecule has 0 unspecified atom stereocenters. The highest BCUT2D eigenvalue weighted by Crippen LogP contribution is 2.31. The van der Waals surface area contributed by atoms with Crippen LogP contribution in [0.4, 0.5) is 0 Å². The Hall–Kier alpha value is -1.64. The molecule has 2 aromatic rings. The van der Waals surface area contributed by atoms with Gasteiger partial charge >= 0.3 is 0 Å². The summed E-state index contributed by atoms with van der Waals surface area (Å²) < 4.78 is 0. The Bertz CT molecular complexity index is 567. The minimum atomic E-state index is -0.411. The molecule has 0 aromatic heterocycles. The van der Waals surface area contributed by atoms with Crippen LogP contribution in [0.15, 0.2) is 54.6 Å². The van der Waals surface area contributed by atoms with Crippen molar-refractivity contribution in [3.05, 3.63) is 71.3 Å². The number of aryl methyl sites for hydroxylation is 1. The molecule has 2 nitrogen and oxygen atoms in total. The van der Waals surface area contributed by atoms with Crippen molar-refractivity contribution in [2.45, 2.75) is 38.0 Å². The molecule has 20 heavy (non-hydrogen) atoms. The topological polar surface area (TPSA) is 32.3 Å². The lowest BCUT2D eigenvalue weighted by Gasteiger charge is -2.33. The molecule has 0 saturated carbocycles. The van der Waals surface area contributed by atoms with Gasteiger partial charge in [0.05, 0.1) is 6.10 Å². The number of nitrogens with one attached hydrogen (secondary N) is 1. The standard InChI is InChI=1S/C18H21NO/c1-13(14-7-3-2-4-8-14)19-17-12-11-15-9-5-6-10-16(15)18(17)20/h2-10,13,17-20H,11-12H2,1H3/t13-,17+,18+/m1/s1. The minimum absolute atomic E-state index is 0.125. The molecule has 2 aromatic carbocycles. The molecule has 2 heteroatoms. The molecule has 2 N–H and O–H groups in total. The highest BCUT2D eigenvalue weighted by atomic mass is 16.3. The zero-order valence-corrected chi connectivity index (χ0v) is 11.8. The van der Waals surface area contributed by atoms with E-state index in [1.807, 2.05) is 24.3 Å². The molecule has 104 valence electrons. The van der Waals surface area contributed by atoms with Crippen LogP contribution < -0.4 is 5.32 Å². The lowest BCUT2D eigenvalue weighted by atomic mass is 9.85. The maximum absolute atomic E-state index is 10.6. The number of aliphatic hydroxyl groups excluding tert-OH is 1. The number of benzene rings is 2. The summed E-state index contributed by atoms with van der Waals surface area (Å²) in [5.41, 5.74) is 3.63. The summed E-state index contributed by atoms with van der Waals surface area (Å²) in [7, 11) is 0. The lowest BCUT2D eigenvalue weighted by molar-refractivity contribution is 0.109. The largest absolute Gasteiger partial charge is 0.387 e. The summed E-state index contributed by atoms with van der Waals surface area (Å²) >= 11 is 0. The minimum Gasteiger partial charge on any atom is -0.387 e. The first-order valence-corrected chi connectivity index (χ1v) is 7.32. The predicted octanol–water partition coefficient (Wildman–Crippen LogP) is 3.39. The van der Waals surface area contributed by atoms with Crippen molar-refractivity contribution in [2.24, 2.45) is 0 Å². The molecule has 3 atom stereocenters. The van der Waals surface area contributed by atoms with Gasteiger partial charge in [-0.3, -0.25) is 0 Å². The smallest absolute Gasteiger partial charge is 0.0945 e. The molecule has 3 rings (SSSR count). The maximum Gasteiger partial charge on any atom is 0.0945 e. The number of hydrogen-bond acceptors (Lipinski definition) is 2. The van der Waals surface area contributed by atoms with Gasteiger partial charge in [0, 0.05) is 12.1 Å². The molecular weight excluding hydrogens is 246 g/mol. The number of hydrogen-bond donors (Lipinski definition) is 2. The first kappa shape index (κ1) is 13.3. The summed E-state index contributed by atoms with van der Waals surface area (Å²) in [5, 5.41) is 14.1. The van der Waals surface area contributed by atoms with E-state index in [2.05, 4.69) is 42.6 Å². The molecule has 0 heterocycles. The summed E-state index contributed by atoms with van der Waals surface area (Å²) in [5.74, 6) is 0.